The van der Waals surface area contributed by atoms with Gasteiger partial charge in [0.05, 0.1) is 0 Å². The molecule has 0 aromatic carbocycles. The molecule has 0 aliphatic carbocycles. The van der Waals surface area contributed by atoms with Gasteiger partial charge in [-0.25, -0.2) is 0 Å². The van der Waals surface area contributed by atoms with Crippen molar-refractivity contribution >= 4 is 77.3 Å². The van der Waals surface area contributed by atoms with Crippen molar-refractivity contribution < 1.29 is 4.79 Å². The third-order valence-corrected chi connectivity index (χ3v) is 6.92. The molecule has 0 amide bonds. The average molecular weight is 351 g/mol. The molecule has 0 aliphatic rings. The van der Waals surface area contributed by atoms with Crippen molar-refractivity contribution in [2.24, 2.45) is 0 Å². The van der Waals surface area contributed by atoms with E-state index in [4.69, 9.17) is 11.6 Å². The molecule has 1 atom stereocenters. The van der Waals surface area contributed by atoms with Crippen molar-refractivity contribution in [2.45, 2.75) is 11.7 Å². The topological polar surface area (TPSA) is 17.1 Å². The molecule has 1 nitrogen and oxygen atoms in total. The molecule has 0 aliphatic heterocycles. The van der Waals surface area contributed by atoms with E-state index in [1.165, 1.54) is 11.8 Å². The van der Waals surface area contributed by atoms with E-state index >= 15 is 0 Å². The Morgan fingerprint density at radius 2 is 2.00 bits per heavy atom. The fourth-order valence-electron chi connectivity index (χ4n) is 0.951. The largest absolute Gasteiger partial charge is 0.287 e. The molecule has 0 aromatic heterocycles. The zero-order valence-electron chi connectivity index (χ0n) is 9.64. The first-order valence-corrected chi connectivity index (χ1v) is 10.4. The van der Waals surface area contributed by atoms with Crippen LogP contribution in [0.4, 0.5) is 0 Å². The van der Waals surface area contributed by atoms with E-state index in [-0.39, 0.29) is 5.12 Å². The first-order valence-electron chi connectivity index (χ1n) is 5.37. The molecule has 0 bridgehead atoms. The Morgan fingerprint density at radius 1 is 1.24 bits per heavy atom. The third kappa shape index (κ3) is 12.5. The number of alkyl halides is 1. The molecule has 17 heavy (non-hydrogen) atoms. The van der Waals surface area contributed by atoms with Crippen molar-refractivity contribution in [2.75, 3.05) is 40.4 Å². The molecule has 1 unspecified atom stereocenters. The molecular weight excluding hydrogens is 332 g/mol. The smallest absolute Gasteiger partial charge is 0.190 e. The lowest BCUT2D eigenvalue weighted by molar-refractivity contribution is -0.110. The average Bonchev–Trinajstić information content (AvgIpc) is 2.33. The summed E-state index contributed by atoms with van der Waals surface area (Å²) in [4.78, 5) is 11.2. The van der Waals surface area contributed by atoms with Gasteiger partial charge in [0.15, 0.2) is 5.12 Å². The van der Waals surface area contributed by atoms with Crippen LogP contribution in [0.15, 0.2) is 0 Å². The minimum absolute atomic E-state index is 0.204. The molecule has 0 N–H and O–H groups in total. The molecule has 0 spiro atoms. The number of hydrogen-bond donors (Lipinski definition) is 2. The van der Waals surface area contributed by atoms with E-state index in [1.807, 2.05) is 23.5 Å². The van der Waals surface area contributed by atoms with Crippen LogP contribution in [0, 0.1) is 0 Å². The van der Waals surface area contributed by atoms with Gasteiger partial charge in [0, 0.05) is 46.3 Å². The minimum Gasteiger partial charge on any atom is -0.287 e. The molecule has 0 saturated carbocycles. The normalized spacial score (nSPS) is 12.6. The van der Waals surface area contributed by atoms with Gasteiger partial charge in [-0.3, -0.25) is 4.79 Å². The molecule has 0 heterocycles. The van der Waals surface area contributed by atoms with Crippen molar-refractivity contribution in [3.8, 4) is 0 Å². The van der Waals surface area contributed by atoms with Crippen LogP contribution < -0.4 is 0 Å². The minimum atomic E-state index is 0.204. The predicted octanol–water partition coefficient (Wildman–Crippen LogP) is 3.57. The fourth-order valence-corrected chi connectivity index (χ4v) is 5.22. The second-order valence-corrected chi connectivity index (χ2v) is 8.03. The molecule has 0 aromatic rings. The maximum absolute atomic E-state index is 11.2. The van der Waals surface area contributed by atoms with Gasteiger partial charge < -0.3 is 0 Å². The van der Waals surface area contributed by atoms with Gasteiger partial charge >= 0.3 is 0 Å². The number of carbonyl (C=O) groups excluding carboxylic acids is 1. The molecule has 0 fully saturated rings. The number of thiol groups is 2. The van der Waals surface area contributed by atoms with Crippen LogP contribution in [0.1, 0.15) is 6.42 Å². The van der Waals surface area contributed by atoms with E-state index in [0.717, 1.165) is 34.5 Å². The Hall–Kier alpha value is 1.71. The Kier molecular flexibility index (Phi) is 15.5. The highest BCUT2D eigenvalue weighted by molar-refractivity contribution is 8.14. The lowest BCUT2D eigenvalue weighted by Crippen LogP contribution is -2.10. The lowest BCUT2D eigenvalue weighted by Gasteiger charge is -2.12. The van der Waals surface area contributed by atoms with Crippen LogP contribution >= 0.6 is 72.1 Å². The van der Waals surface area contributed by atoms with E-state index in [1.54, 1.807) is 0 Å². The van der Waals surface area contributed by atoms with E-state index < -0.39 is 0 Å². The van der Waals surface area contributed by atoms with Gasteiger partial charge in [-0.2, -0.15) is 48.8 Å². The van der Waals surface area contributed by atoms with Crippen molar-refractivity contribution in [3.63, 3.8) is 0 Å². The zero-order valence-corrected chi connectivity index (χ0v) is 14.6. The maximum Gasteiger partial charge on any atom is 0.190 e. The SMILES string of the molecule is O=C(CCCl)SCCSCC(CS)SCCS. The molecule has 7 heteroatoms. The van der Waals surface area contributed by atoms with E-state index in [9.17, 15) is 4.79 Å². The van der Waals surface area contributed by atoms with Crippen molar-refractivity contribution in [3.05, 3.63) is 0 Å². The Morgan fingerprint density at radius 3 is 2.59 bits per heavy atom. The summed E-state index contributed by atoms with van der Waals surface area (Å²) in [5.74, 6) is 6.35. The van der Waals surface area contributed by atoms with Gasteiger partial charge in [-0.05, 0) is 5.75 Å². The molecule has 0 saturated heterocycles. The van der Waals surface area contributed by atoms with Crippen LogP contribution in [-0.2, 0) is 4.79 Å². The fraction of sp³-hybridized carbons (Fsp3) is 0.900. The molecular formula is C10H19ClOS5. The molecule has 102 valence electrons. The summed E-state index contributed by atoms with van der Waals surface area (Å²) in [6.07, 6.45) is 0.480. The summed E-state index contributed by atoms with van der Waals surface area (Å²) in [5, 5.41) is 0.801. The summed E-state index contributed by atoms with van der Waals surface area (Å²) >= 11 is 19.2. The highest BCUT2D eigenvalue weighted by atomic mass is 35.5. The molecule has 0 rings (SSSR count). The maximum atomic E-state index is 11.2. The number of carbonyl (C=O) groups is 1. The van der Waals surface area contributed by atoms with E-state index in [0.29, 0.717) is 17.6 Å². The highest BCUT2D eigenvalue weighted by Crippen LogP contribution is 2.19. The van der Waals surface area contributed by atoms with Crippen molar-refractivity contribution in [1.29, 1.82) is 0 Å². The number of rotatable bonds is 11. The summed E-state index contributed by atoms with van der Waals surface area (Å²) in [7, 11) is 0. The van der Waals surface area contributed by atoms with Gasteiger partial charge in [0.2, 0.25) is 0 Å². The third-order valence-electron chi connectivity index (χ3n) is 1.74. The summed E-state index contributed by atoms with van der Waals surface area (Å²) in [6.45, 7) is 0. The Bertz CT molecular complexity index is 194. The van der Waals surface area contributed by atoms with Crippen LogP contribution in [0.2, 0.25) is 0 Å². The number of thioether (sulfide) groups is 3. The first-order chi connectivity index (χ1) is 8.24. The Labute approximate surface area is 133 Å². The molecule has 0 radical (unpaired) electrons. The monoisotopic (exact) mass is 350 g/mol. The number of hydrogen-bond acceptors (Lipinski definition) is 6. The van der Waals surface area contributed by atoms with Crippen LogP contribution in [0.3, 0.4) is 0 Å². The predicted molar refractivity (Wildman–Crippen MR) is 94.1 cm³/mol. The lowest BCUT2D eigenvalue weighted by atomic mass is 10.5. The van der Waals surface area contributed by atoms with E-state index in [2.05, 4.69) is 25.3 Å². The summed E-state index contributed by atoms with van der Waals surface area (Å²) in [6, 6.07) is 0. The van der Waals surface area contributed by atoms with Gasteiger partial charge in [-0.1, -0.05) is 11.8 Å². The summed E-state index contributed by atoms with van der Waals surface area (Å²) < 4.78 is 0. The van der Waals surface area contributed by atoms with Gasteiger partial charge in [0.1, 0.15) is 0 Å². The standard InChI is InChI=1S/C10H19ClOS5/c11-2-1-10(12)17-6-5-15-8-9(7-14)16-4-3-13/h9,13-14H,1-8H2. The highest BCUT2D eigenvalue weighted by Gasteiger charge is 2.07. The van der Waals surface area contributed by atoms with Gasteiger partial charge in [-0.15, -0.1) is 11.6 Å². The van der Waals surface area contributed by atoms with Crippen LogP contribution in [0.5, 0.6) is 0 Å². The number of halogens is 1. The zero-order chi connectivity index (χ0) is 12.9. The van der Waals surface area contributed by atoms with Crippen LogP contribution in [-0.4, -0.2) is 50.8 Å². The second kappa shape index (κ2) is 14.1. The first kappa shape index (κ1) is 18.7. The van der Waals surface area contributed by atoms with Crippen LogP contribution in [0.25, 0.3) is 0 Å². The van der Waals surface area contributed by atoms with Gasteiger partial charge in [0.25, 0.3) is 0 Å². The summed E-state index contributed by atoms with van der Waals surface area (Å²) in [5.41, 5.74) is 0. The Balaban J connectivity index is 3.39. The second-order valence-electron chi connectivity index (χ2n) is 3.13. The quantitative estimate of drug-likeness (QED) is 0.336. The van der Waals surface area contributed by atoms with Crippen molar-refractivity contribution in [1.82, 2.24) is 0 Å².